The van der Waals surface area contributed by atoms with Crippen LogP contribution in [0.5, 0.6) is 0 Å². The number of aliphatic hydroxyl groups is 1. The Labute approximate surface area is 97.5 Å². The summed E-state index contributed by atoms with van der Waals surface area (Å²) in [6, 6.07) is 0.547. The van der Waals surface area contributed by atoms with Gasteiger partial charge in [0, 0.05) is 11.8 Å². The Balaban J connectivity index is 2.14. The SMILES string of the molecule is CCC1CCCCC1n1cc(C(C)O)cn1. The van der Waals surface area contributed by atoms with E-state index >= 15 is 0 Å². The monoisotopic (exact) mass is 222 g/mol. The summed E-state index contributed by atoms with van der Waals surface area (Å²) in [5.41, 5.74) is 0.931. The highest BCUT2D eigenvalue weighted by molar-refractivity contribution is 5.07. The first-order chi connectivity index (χ1) is 7.72. The van der Waals surface area contributed by atoms with Crippen molar-refractivity contribution in [1.29, 1.82) is 0 Å². The zero-order valence-electron chi connectivity index (χ0n) is 10.3. The topological polar surface area (TPSA) is 38.0 Å². The van der Waals surface area contributed by atoms with Crippen molar-refractivity contribution < 1.29 is 5.11 Å². The lowest BCUT2D eigenvalue weighted by atomic mass is 9.83. The highest BCUT2D eigenvalue weighted by atomic mass is 16.3. The van der Waals surface area contributed by atoms with Crippen LogP contribution in [0.15, 0.2) is 12.4 Å². The van der Waals surface area contributed by atoms with Crippen LogP contribution in [0, 0.1) is 5.92 Å². The predicted octanol–water partition coefficient (Wildman–Crippen LogP) is 3.08. The fourth-order valence-corrected chi connectivity index (χ4v) is 2.76. The van der Waals surface area contributed by atoms with Crippen LogP contribution in [0.2, 0.25) is 0 Å². The zero-order chi connectivity index (χ0) is 11.5. The quantitative estimate of drug-likeness (QED) is 0.853. The third-order valence-corrected chi connectivity index (χ3v) is 3.84. The van der Waals surface area contributed by atoms with Crippen LogP contribution in [0.3, 0.4) is 0 Å². The third kappa shape index (κ3) is 2.29. The zero-order valence-corrected chi connectivity index (χ0v) is 10.3. The van der Waals surface area contributed by atoms with E-state index in [1.165, 1.54) is 32.1 Å². The smallest absolute Gasteiger partial charge is 0.0792 e. The summed E-state index contributed by atoms with van der Waals surface area (Å²) >= 11 is 0. The standard InChI is InChI=1S/C13H22N2O/c1-3-11-6-4-5-7-13(11)15-9-12(8-14-15)10(2)16/h8-11,13,16H,3-7H2,1-2H3. The van der Waals surface area contributed by atoms with Crippen molar-refractivity contribution in [2.75, 3.05) is 0 Å². The molecule has 1 aliphatic rings. The van der Waals surface area contributed by atoms with E-state index in [9.17, 15) is 5.11 Å². The van der Waals surface area contributed by atoms with Gasteiger partial charge in [-0.05, 0) is 25.7 Å². The molecular weight excluding hydrogens is 200 g/mol. The van der Waals surface area contributed by atoms with Crippen LogP contribution < -0.4 is 0 Å². The van der Waals surface area contributed by atoms with Crippen molar-refractivity contribution in [2.45, 2.75) is 58.1 Å². The Bertz CT molecular complexity index is 332. The molecule has 16 heavy (non-hydrogen) atoms. The molecule has 0 radical (unpaired) electrons. The molecule has 3 heteroatoms. The lowest BCUT2D eigenvalue weighted by Crippen LogP contribution is -2.23. The molecule has 1 heterocycles. The van der Waals surface area contributed by atoms with Gasteiger partial charge >= 0.3 is 0 Å². The molecule has 0 saturated heterocycles. The predicted molar refractivity (Wildman–Crippen MR) is 64.1 cm³/mol. The van der Waals surface area contributed by atoms with Gasteiger partial charge in [-0.2, -0.15) is 5.10 Å². The van der Waals surface area contributed by atoms with E-state index in [0.717, 1.165) is 11.5 Å². The molecule has 3 atom stereocenters. The van der Waals surface area contributed by atoms with Crippen LogP contribution >= 0.6 is 0 Å². The molecule has 0 amide bonds. The second-order valence-corrected chi connectivity index (χ2v) is 4.95. The van der Waals surface area contributed by atoms with E-state index in [2.05, 4.69) is 16.7 Å². The van der Waals surface area contributed by atoms with Gasteiger partial charge in [0.25, 0.3) is 0 Å². The maximum absolute atomic E-state index is 9.51. The van der Waals surface area contributed by atoms with E-state index in [0.29, 0.717) is 6.04 Å². The van der Waals surface area contributed by atoms with Crippen LogP contribution in [0.1, 0.15) is 63.7 Å². The van der Waals surface area contributed by atoms with Gasteiger partial charge in [-0.15, -0.1) is 0 Å². The molecule has 1 aromatic heterocycles. The van der Waals surface area contributed by atoms with E-state index in [1.54, 1.807) is 13.1 Å². The van der Waals surface area contributed by atoms with Crippen molar-refractivity contribution >= 4 is 0 Å². The Morgan fingerprint density at radius 3 is 2.88 bits per heavy atom. The second kappa shape index (κ2) is 5.00. The molecule has 0 bridgehead atoms. The molecule has 3 nitrogen and oxygen atoms in total. The van der Waals surface area contributed by atoms with E-state index in [4.69, 9.17) is 0 Å². The highest BCUT2D eigenvalue weighted by Crippen LogP contribution is 2.35. The molecule has 1 saturated carbocycles. The van der Waals surface area contributed by atoms with Crippen LogP contribution in [-0.2, 0) is 0 Å². The molecule has 1 fully saturated rings. The molecule has 1 aliphatic carbocycles. The first-order valence-electron chi connectivity index (χ1n) is 6.44. The van der Waals surface area contributed by atoms with Gasteiger partial charge in [-0.1, -0.05) is 26.2 Å². The Kier molecular flexibility index (Phi) is 3.64. The average molecular weight is 222 g/mol. The number of hydrogen-bond acceptors (Lipinski definition) is 2. The maximum atomic E-state index is 9.51. The number of aromatic nitrogens is 2. The molecule has 1 N–H and O–H groups in total. The largest absolute Gasteiger partial charge is 0.389 e. The number of aliphatic hydroxyl groups excluding tert-OH is 1. The lowest BCUT2D eigenvalue weighted by Gasteiger charge is -2.31. The molecule has 1 aromatic rings. The highest BCUT2D eigenvalue weighted by Gasteiger charge is 2.25. The van der Waals surface area contributed by atoms with Crippen LogP contribution in [-0.4, -0.2) is 14.9 Å². The summed E-state index contributed by atoms with van der Waals surface area (Å²) in [4.78, 5) is 0. The van der Waals surface area contributed by atoms with Gasteiger partial charge in [0.2, 0.25) is 0 Å². The summed E-state index contributed by atoms with van der Waals surface area (Å²) in [7, 11) is 0. The van der Waals surface area contributed by atoms with Crippen LogP contribution in [0.4, 0.5) is 0 Å². The third-order valence-electron chi connectivity index (χ3n) is 3.84. The molecule has 0 spiro atoms. The number of hydrogen-bond donors (Lipinski definition) is 1. The maximum Gasteiger partial charge on any atom is 0.0792 e. The first kappa shape index (κ1) is 11.6. The Hall–Kier alpha value is -0.830. The minimum Gasteiger partial charge on any atom is -0.389 e. The van der Waals surface area contributed by atoms with E-state index in [1.807, 2.05) is 6.20 Å². The van der Waals surface area contributed by atoms with Gasteiger partial charge in [0.1, 0.15) is 0 Å². The minimum absolute atomic E-state index is 0.405. The van der Waals surface area contributed by atoms with Crippen molar-refractivity contribution in [1.82, 2.24) is 9.78 Å². The summed E-state index contributed by atoms with van der Waals surface area (Å²) in [5, 5.41) is 13.9. The van der Waals surface area contributed by atoms with Gasteiger partial charge in [-0.3, -0.25) is 4.68 Å². The normalized spacial score (nSPS) is 27.9. The molecule has 0 aromatic carbocycles. The van der Waals surface area contributed by atoms with Crippen molar-refractivity contribution in [3.8, 4) is 0 Å². The average Bonchev–Trinajstić information content (AvgIpc) is 2.78. The lowest BCUT2D eigenvalue weighted by molar-refractivity contribution is 0.197. The molecule has 3 unspecified atom stereocenters. The summed E-state index contributed by atoms with van der Waals surface area (Å²) in [5.74, 6) is 0.760. The summed E-state index contributed by atoms with van der Waals surface area (Å²) in [6.45, 7) is 4.06. The second-order valence-electron chi connectivity index (χ2n) is 4.95. The van der Waals surface area contributed by atoms with Crippen molar-refractivity contribution in [3.63, 3.8) is 0 Å². The van der Waals surface area contributed by atoms with Gasteiger partial charge in [0.05, 0.1) is 18.3 Å². The van der Waals surface area contributed by atoms with Gasteiger partial charge in [-0.25, -0.2) is 0 Å². The van der Waals surface area contributed by atoms with Crippen molar-refractivity contribution in [2.24, 2.45) is 5.92 Å². The van der Waals surface area contributed by atoms with E-state index < -0.39 is 6.10 Å². The number of rotatable bonds is 3. The van der Waals surface area contributed by atoms with E-state index in [-0.39, 0.29) is 0 Å². The molecular formula is C13H22N2O. The fourth-order valence-electron chi connectivity index (χ4n) is 2.76. The first-order valence-corrected chi connectivity index (χ1v) is 6.44. The Morgan fingerprint density at radius 2 is 2.25 bits per heavy atom. The van der Waals surface area contributed by atoms with Crippen LogP contribution in [0.25, 0.3) is 0 Å². The summed E-state index contributed by atoms with van der Waals surface area (Å²) < 4.78 is 2.08. The molecule has 90 valence electrons. The van der Waals surface area contributed by atoms with Crippen molar-refractivity contribution in [3.05, 3.63) is 18.0 Å². The molecule has 0 aliphatic heterocycles. The molecule has 2 rings (SSSR count). The number of nitrogens with zero attached hydrogens (tertiary/aromatic N) is 2. The minimum atomic E-state index is -0.405. The van der Waals surface area contributed by atoms with Gasteiger partial charge in [0.15, 0.2) is 0 Å². The fraction of sp³-hybridized carbons (Fsp3) is 0.769. The summed E-state index contributed by atoms with van der Waals surface area (Å²) in [6.07, 6.45) is 9.87. The van der Waals surface area contributed by atoms with Gasteiger partial charge < -0.3 is 5.11 Å². The Morgan fingerprint density at radius 1 is 1.50 bits per heavy atom.